The van der Waals surface area contributed by atoms with Crippen molar-refractivity contribution in [1.82, 2.24) is 0 Å². The maximum Gasteiger partial charge on any atom is 0.0827 e. The minimum absolute atomic E-state index is 0.340. The lowest BCUT2D eigenvalue weighted by Crippen LogP contribution is -2.34. The molecule has 1 saturated carbocycles. The molecule has 1 rings (SSSR count). The Bertz CT molecular complexity index is 197. The van der Waals surface area contributed by atoms with Crippen LogP contribution in [0.5, 0.6) is 0 Å². The monoisotopic (exact) mass is 240 g/mol. The van der Waals surface area contributed by atoms with Crippen LogP contribution in [0.1, 0.15) is 64.2 Å². The Labute approximate surface area is 106 Å². The normalized spacial score (nSPS) is 21.1. The van der Waals surface area contributed by atoms with E-state index in [1.807, 2.05) is 6.08 Å². The van der Waals surface area contributed by atoms with E-state index in [9.17, 15) is 10.2 Å². The van der Waals surface area contributed by atoms with Gasteiger partial charge in [0.2, 0.25) is 0 Å². The average molecular weight is 240 g/mol. The summed E-state index contributed by atoms with van der Waals surface area (Å²) in [5, 5.41) is 20.0. The van der Waals surface area contributed by atoms with E-state index in [-0.39, 0.29) is 0 Å². The van der Waals surface area contributed by atoms with Crippen LogP contribution in [0.25, 0.3) is 0 Å². The number of hydrogen-bond donors (Lipinski definition) is 2. The van der Waals surface area contributed by atoms with Gasteiger partial charge >= 0.3 is 0 Å². The molecule has 1 fully saturated rings. The van der Waals surface area contributed by atoms with Crippen molar-refractivity contribution in [3.8, 4) is 0 Å². The molecule has 2 nitrogen and oxygen atoms in total. The summed E-state index contributed by atoms with van der Waals surface area (Å²) in [6.07, 6.45) is 11.9. The maximum atomic E-state index is 10.1. The number of aliphatic hydroxyl groups excluding tert-OH is 2. The summed E-state index contributed by atoms with van der Waals surface area (Å²) in [6, 6.07) is 0. The van der Waals surface area contributed by atoms with Gasteiger partial charge in [0, 0.05) is 0 Å². The van der Waals surface area contributed by atoms with Crippen LogP contribution >= 0.6 is 0 Å². The first-order valence-electron chi connectivity index (χ1n) is 7.22. The number of unbranched alkanes of at least 4 members (excludes halogenated alkanes) is 3. The molecule has 1 aliphatic rings. The molecule has 0 spiro atoms. The molecule has 0 amide bonds. The van der Waals surface area contributed by atoms with Crippen molar-refractivity contribution in [3.05, 3.63) is 12.7 Å². The lowest BCUT2D eigenvalue weighted by Gasteiger charge is -2.29. The lowest BCUT2D eigenvalue weighted by atomic mass is 9.82. The Morgan fingerprint density at radius 2 is 1.76 bits per heavy atom. The minimum atomic E-state index is -0.512. The van der Waals surface area contributed by atoms with E-state index < -0.39 is 12.2 Å². The molecule has 0 bridgehead atoms. The largest absolute Gasteiger partial charge is 0.390 e. The average Bonchev–Trinajstić information content (AvgIpc) is 2.38. The summed E-state index contributed by atoms with van der Waals surface area (Å²) < 4.78 is 0. The fraction of sp³-hybridized carbons (Fsp3) is 0.867. The zero-order chi connectivity index (χ0) is 12.5. The van der Waals surface area contributed by atoms with Crippen molar-refractivity contribution in [1.29, 1.82) is 0 Å². The van der Waals surface area contributed by atoms with E-state index in [0.29, 0.717) is 5.92 Å². The highest BCUT2D eigenvalue weighted by molar-refractivity contribution is 4.78. The Kier molecular flexibility index (Phi) is 7.54. The number of allylic oxidation sites excluding steroid dienone is 1. The van der Waals surface area contributed by atoms with Crippen LogP contribution in [0.15, 0.2) is 12.7 Å². The Morgan fingerprint density at radius 1 is 1.06 bits per heavy atom. The minimum Gasteiger partial charge on any atom is -0.390 e. The molecule has 2 heteroatoms. The highest BCUT2D eigenvalue weighted by atomic mass is 16.3. The maximum absolute atomic E-state index is 10.1. The van der Waals surface area contributed by atoms with Crippen LogP contribution < -0.4 is 0 Å². The van der Waals surface area contributed by atoms with Gasteiger partial charge in [-0.1, -0.05) is 38.2 Å². The van der Waals surface area contributed by atoms with Crippen LogP contribution in [0, 0.1) is 5.92 Å². The van der Waals surface area contributed by atoms with Crippen LogP contribution in [-0.2, 0) is 0 Å². The molecular formula is C15H28O2. The summed E-state index contributed by atoms with van der Waals surface area (Å²) in [5.41, 5.74) is 0. The SMILES string of the molecule is C=CCCCCCC(O)C(O)C1CCCCC1. The molecule has 0 radical (unpaired) electrons. The summed E-state index contributed by atoms with van der Waals surface area (Å²) >= 11 is 0. The van der Waals surface area contributed by atoms with Crippen molar-refractivity contribution < 1.29 is 10.2 Å². The molecule has 0 aromatic carbocycles. The molecule has 2 atom stereocenters. The molecule has 0 aromatic rings. The Hall–Kier alpha value is -0.340. The van der Waals surface area contributed by atoms with Crippen LogP contribution in [0.2, 0.25) is 0 Å². The molecule has 0 aliphatic heterocycles. The zero-order valence-electron chi connectivity index (χ0n) is 11.0. The number of aliphatic hydroxyl groups is 2. The Balaban J connectivity index is 2.12. The first-order chi connectivity index (χ1) is 8.25. The summed E-state index contributed by atoms with van der Waals surface area (Å²) in [4.78, 5) is 0. The van der Waals surface area contributed by atoms with Crippen LogP contribution in [-0.4, -0.2) is 22.4 Å². The molecule has 0 saturated heterocycles. The van der Waals surface area contributed by atoms with Crippen LogP contribution in [0.3, 0.4) is 0 Å². The molecule has 0 heterocycles. The van der Waals surface area contributed by atoms with E-state index in [2.05, 4.69) is 6.58 Å². The second-order valence-electron chi connectivity index (χ2n) is 5.38. The fourth-order valence-corrected chi connectivity index (χ4v) is 2.78. The highest BCUT2D eigenvalue weighted by Gasteiger charge is 2.26. The van der Waals surface area contributed by atoms with Gasteiger partial charge in [-0.05, 0) is 38.0 Å². The van der Waals surface area contributed by atoms with Gasteiger partial charge in [-0.3, -0.25) is 0 Å². The first-order valence-corrected chi connectivity index (χ1v) is 7.22. The van der Waals surface area contributed by atoms with Gasteiger partial charge in [-0.2, -0.15) is 0 Å². The smallest absolute Gasteiger partial charge is 0.0827 e. The number of rotatable bonds is 8. The summed E-state index contributed by atoms with van der Waals surface area (Å²) in [5.74, 6) is 0.340. The molecule has 17 heavy (non-hydrogen) atoms. The van der Waals surface area contributed by atoms with Crippen molar-refractivity contribution in [2.45, 2.75) is 76.4 Å². The van der Waals surface area contributed by atoms with E-state index in [1.165, 1.54) is 19.3 Å². The van der Waals surface area contributed by atoms with Crippen LogP contribution in [0.4, 0.5) is 0 Å². The van der Waals surface area contributed by atoms with Crippen molar-refractivity contribution in [2.75, 3.05) is 0 Å². The van der Waals surface area contributed by atoms with Crippen molar-refractivity contribution in [2.24, 2.45) is 5.92 Å². The molecule has 2 unspecified atom stereocenters. The molecule has 2 N–H and O–H groups in total. The third-order valence-electron chi connectivity index (χ3n) is 3.94. The van der Waals surface area contributed by atoms with E-state index >= 15 is 0 Å². The van der Waals surface area contributed by atoms with Gasteiger partial charge in [0.25, 0.3) is 0 Å². The van der Waals surface area contributed by atoms with Crippen molar-refractivity contribution in [3.63, 3.8) is 0 Å². The van der Waals surface area contributed by atoms with Gasteiger partial charge < -0.3 is 10.2 Å². The standard InChI is InChI=1S/C15H28O2/c1-2-3-4-5-9-12-14(16)15(17)13-10-7-6-8-11-13/h2,13-17H,1,3-12H2. The number of hydrogen-bond acceptors (Lipinski definition) is 2. The predicted octanol–water partition coefficient (Wildman–Crippen LogP) is 3.43. The first kappa shape index (κ1) is 14.7. The summed E-state index contributed by atoms with van der Waals surface area (Å²) in [6.45, 7) is 3.69. The molecule has 1 aliphatic carbocycles. The second-order valence-corrected chi connectivity index (χ2v) is 5.38. The van der Waals surface area contributed by atoms with Gasteiger partial charge in [-0.15, -0.1) is 6.58 Å². The van der Waals surface area contributed by atoms with Gasteiger partial charge in [0.05, 0.1) is 12.2 Å². The molecule has 0 aromatic heterocycles. The van der Waals surface area contributed by atoms with E-state index in [4.69, 9.17) is 0 Å². The van der Waals surface area contributed by atoms with E-state index in [0.717, 1.165) is 44.9 Å². The Morgan fingerprint density at radius 3 is 2.41 bits per heavy atom. The zero-order valence-corrected chi connectivity index (χ0v) is 11.0. The fourth-order valence-electron chi connectivity index (χ4n) is 2.78. The highest BCUT2D eigenvalue weighted by Crippen LogP contribution is 2.28. The van der Waals surface area contributed by atoms with Gasteiger partial charge in [-0.25, -0.2) is 0 Å². The lowest BCUT2D eigenvalue weighted by molar-refractivity contribution is -0.0314. The van der Waals surface area contributed by atoms with Crippen molar-refractivity contribution >= 4 is 0 Å². The molecular weight excluding hydrogens is 212 g/mol. The summed E-state index contributed by atoms with van der Waals surface area (Å²) in [7, 11) is 0. The quantitative estimate of drug-likeness (QED) is 0.504. The predicted molar refractivity (Wildman–Crippen MR) is 71.9 cm³/mol. The third-order valence-corrected chi connectivity index (χ3v) is 3.94. The second kappa shape index (κ2) is 8.71. The van der Waals surface area contributed by atoms with Gasteiger partial charge in [0.15, 0.2) is 0 Å². The van der Waals surface area contributed by atoms with E-state index in [1.54, 1.807) is 0 Å². The van der Waals surface area contributed by atoms with Gasteiger partial charge in [0.1, 0.15) is 0 Å². The topological polar surface area (TPSA) is 40.5 Å². The third kappa shape index (κ3) is 5.69. The molecule has 100 valence electrons.